The van der Waals surface area contributed by atoms with Crippen molar-refractivity contribution in [2.24, 2.45) is 5.92 Å². The molecular weight excluding hydrogens is 335 g/mol. The van der Waals surface area contributed by atoms with Crippen LogP contribution in [-0.2, 0) is 10.0 Å². The molecule has 2 heterocycles. The van der Waals surface area contributed by atoms with Gasteiger partial charge in [-0.2, -0.15) is 13.2 Å². The van der Waals surface area contributed by atoms with Gasteiger partial charge in [-0.25, -0.2) is 18.1 Å². The highest BCUT2D eigenvalue weighted by atomic mass is 32.2. The van der Waals surface area contributed by atoms with E-state index in [2.05, 4.69) is 19.8 Å². The van der Waals surface area contributed by atoms with Crippen LogP contribution in [0.1, 0.15) is 13.3 Å². The average molecular weight is 353 g/mol. The van der Waals surface area contributed by atoms with Crippen LogP contribution in [0.25, 0.3) is 0 Å². The first kappa shape index (κ1) is 18.0. The van der Waals surface area contributed by atoms with Crippen LogP contribution in [0.2, 0.25) is 0 Å². The van der Waals surface area contributed by atoms with Crippen LogP contribution in [0.5, 0.6) is 5.88 Å². The van der Waals surface area contributed by atoms with Crippen molar-refractivity contribution in [2.75, 3.05) is 19.7 Å². The second kappa shape index (κ2) is 7.02. The van der Waals surface area contributed by atoms with E-state index in [1.54, 1.807) is 0 Å². The average Bonchev–Trinajstić information content (AvgIpc) is 2.47. The molecule has 0 aromatic carbocycles. The van der Waals surface area contributed by atoms with E-state index in [4.69, 9.17) is 0 Å². The Hall–Kier alpha value is -1.39. The van der Waals surface area contributed by atoms with Gasteiger partial charge in [0.1, 0.15) is 4.90 Å². The fourth-order valence-corrected chi connectivity index (χ4v) is 3.47. The Labute approximate surface area is 132 Å². The number of rotatable bonds is 5. The molecule has 130 valence electrons. The van der Waals surface area contributed by atoms with Gasteiger partial charge in [0.25, 0.3) is 0 Å². The summed E-state index contributed by atoms with van der Waals surface area (Å²) < 4.78 is 67.7. The lowest BCUT2D eigenvalue weighted by Crippen LogP contribution is -2.50. The highest BCUT2D eigenvalue weighted by Gasteiger charge is 2.29. The number of piperidine rings is 1. The summed E-state index contributed by atoms with van der Waals surface area (Å²) in [6, 6.07) is 2.03. The number of sulfonamides is 1. The molecule has 2 N–H and O–H groups in total. The maximum Gasteiger partial charge on any atom is 0.422 e. The van der Waals surface area contributed by atoms with Crippen LogP contribution in [0, 0.1) is 5.92 Å². The van der Waals surface area contributed by atoms with Crippen molar-refractivity contribution in [3.05, 3.63) is 18.3 Å². The van der Waals surface area contributed by atoms with E-state index in [0.717, 1.165) is 25.2 Å². The molecule has 10 heteroatoms. The quantitative estimate of drug-likeness (QED) is 0.834. The van der Waals surface area contributed by atoms with Gasteiger partial charge in [0.2, 0.25) is 15.9 Å². The Balaban J connectivity index is 2.02. The van der Waals surface area contributed by atoms with Gasteiger partial charge in [-0.15, -0.1) is 0 Å². The zero-order valence-electron chi connectivity index (χ0n) is 12.4. The largest absolute Gasteiger partial charge is 0.468 e. The Bertz CT molecular complexity index is 620. The summed E-state index contributed by atoms with van der Waals surface area (Å²) in [6.45, 7) is 1.85. The molecule has 2 atom stereocenters. The van der Waals surface area contributed by atoms with Crippen molar-refractivity contribution >= 4 is 10.0 Å². The first-order valence-electron chi connectivity index (χ1n) is 7.06. The van der Waals surface area contributed by atoms with Gasteiger partial charge in [0.05, 0.1) is 6.20 Å². The lowest BCUT2D eigenvalue weighted by atomic mass is 9.96. The molecule has 1 aromatic rings. The van der Waals surface area contributed by atoms with Crippen LogP contribution in [0.15, 0.2) is 23.2 Å². The molecule has 0 amide bonds. The fraction of sp³-hybridized carbons (Fsp3) is 0.615. The number of hydrogen-bond donors (Lipinski definition) is 2. The highest BCUT2D eigenvalue weighted by molar-refractivity contribution is 7.89. The van der Waals surface area contributed by atoms with Crippen LogP contribution < -0.4 is 14.8 Å². The lowest BCUT2D eigenvalue weighted by Gasteiger charge is -2.29. The van der Waals surface area contributed by atoms with Gasteiger partial charge < -0.3 is 10.1 Å². The van der Waals surface area contributed by atoms with Crippen molar-refractivity contribution in [3.8, 4) is 5.88 Å². The monoisotopic (exact) mass is 353 g/mol. The number of nitrogens with one attached hydrogen (secondary N) is 2. The van der Waals surface area contributed by atoms with Crippen molar-refractivity contribution in [3.63, 3.8) is 0 Å². The van der Waals surface area contributed by atoms with E-state index in [9.17, 15) is 21.6 Å². The molecule has 6 nitrogen and oxygen atoms in total. The second-order valence-corrected chi connectivity index (χ2v) is 7.15. The Morgan fingerprint density at radius 2 is 2.17 bits per heavy atom. The minimum absolute atomic E-state index is 0.116. The molecule has 1 aromatic heterocycles. The third-order valence-electron chi connectivity index (χ3n) is 3.54. The van der Waals surface area contributed by atoms with Crippen LogP contribution >= 0.6 is 0 Å². The number of aromatic nitrogens is 1. The summed E-state index contributed by atoms with van der Waals surface area (Å²) in [6.07, 6.45) is -2.64. The van der Waals surface area contributed by atoms with Crippen LogP contribution in [-0.4, -0.2) is 45.3 Å². The smallest absolute Gasteiger partial charge is 0.422 e. The minimum Gasteiger partial charge on any atom is -0.468 e. The molecular formula is C13H18F3N3O3S. The maximum atomic E-state index is 12.3. The zero-order chi connectivity index (χ0) is 17.1. The minimum atomic E-state index is -4.47. The predicted molar refractivity (Wildman–Crippen MR) is 76.5 cm³/mol. The van der Waals surface area contributed by atoms with E-state index in [0.29, 0.717) is 6.54 Å². The summed E-state index contributed by atoms with van der Waals surface area (Å²) in [5, 5.41) is 3.11. The number of alkyl halides is 3. The normalized spacial score (nSPS) is 22.8. The van der Waals surface area contributed by atoms with Gasteiger partial charge in [0.15, 0.2) is 6.61 Å². The SMILES string of the molecule is CC1CCNCC1NS(=O)(=O)c1ccc(OCC(F)(F)F)nc1. The third kappa shape index (κ3) is 5.33. The molecule has 2 rings (SSSR count). The maximum absolute atomic E-state index is 12.3. The van der Waals surface area contributed by atoms with Gasteiger partial charge in [-0.05, 0) is 24.9 Å². The summed E-state index contributed by atoms with van der Waals surface area (Å²) >= 11 is 0. The van der Waals surface area contributed by atoms with E-state index >= 15 is 0 Å². The standard InChI is InChI=1S/C13H18F3N3O3S/c1-9-4-5-17-7-11(9)19-23(20,21)10-2-3-12(18-6-10)22-8-13(14,15)16/h2-3,6,9,11,17,19H,4-5,7-8H2,1H3. The van der Waals surface area contributed by atoms with Crippen LogP contribution in [0.4, 0.5) is 13.2 Å². The van der Waals surface area contributed by atoms with Gasteiger partial charge in [-0.3, -0.25) is 0 Å². The van der Waals surface area contributed by atoms with E-state index in [-0.39, 0.29) is 22.7 Å². The number of ether oxygens (including phenoxy) is 1. The molecule has 1 aliphatic rings. The Kier molecular flexibility index (Phi) is 5.48. The Morgan fingerprint density at radius 1 is 1.43 bits per heavy atom. The topological polar surface area (TPSA) is 80.3 Å². The molecule has 0 radical (unpaired) electrons. The van der Waals surface area contributed by atoms with E-state index < -0.39 is 22.8 Å². The summed E-state index contributed by atoms with van der Waals surface area (Å²) in [5.41, 5.74) is 0. The van der Waals surface area contributed by atoms with Gasteiger partial charge in [-0.1, -0.05) is 6.92 Å². The second-order valence-electron chi connectivity index (χ2n) is 5.43. The predicted octanol–water partition coefficient (Wildman–Crippen LogP) is 1.30. The van der Waals surface area contributed by atoms with Gasteiger partial charge in [0, 0.05) is 18.7 Å². The first-order valence-corrected chi connectivity index (χ1v) is 8.54. The lowest BCUT2D eigenvalue weighted by molar-refractivity contribution is -0.154. The Morgan fingerprint density at radius 3 is 2.74 bits per heavy atom. The molecule has 23 heavy (non-hydrogen) atoms. The van der Waals surface area contributed by atoms with Crippen molar-refractivity contribution in [1.29, 1.82) is 0 Å². The number of hydrogen-bond acceptors (Lipinski definition) is 5. The number of pyridine rings is 1. The number of halogens is 3. The number of nitrogens with zero attached hydrogens (tertiary/aromatic N) is 1. The molecule has 0 bridgehead atoms. The molecule has 1 aliphatic heterocycles. The summed E-state index contributed by atoms with van der Waals surface area (Å²) in [4.78, 5) is 3.49. The van der Waals surface area contributed by atoms with Crippen molar-refractivity contribution in [2.45, 2.75) is 30.5 Å². The summed E-state index contributed by atoms with van der Waals surface area (Å²) in [5.74, 6) is -0.0950. The molecule has 0 aliphatic carbocycles. The van der Waals surface area contributed by atoms with Crippen molar-refractivity contribution in [1.82, 2.24) is 15.0 Å². The van der Waals surface area contributed by atoms with Gasteiger partial charge >= 0.3 is 6.18 Å². The van der Waals surface area contributed by atoms with Crippen molar-refractivity contribution < 1.29 is 26.3 Å². The molecule has 1 fully saturated rings. The molecule has 2 unspecified atom stereocenters. The fourth-order valence-electron chi connectivity index (χ4n) is 2.18. The van der Waals surface area contributed by atoms with E-state index in [1.807, 2.05) is 6.92 Å². The zero-order valence-corrected chi connectivity index (χ0v) is 13.2. The molecule has 0 spiro atoms. The first-order chi connectivity index (χ1) is 10.7. The molecule has 1 saturated heterocycles. The highest BCUT2D eigenvalue weighted by Crippen LogP contribution is 2.19. The van der Waals surface area contributed by atoms with Crippen LogP contribution in [0.3, 0.4) is 0 Å². The summed E-state index contributed by atoms with van der Waals surface area (Å²) in [7, 11) is -3.78. The van der Waals surface area contributed by atoms with E-state index in [1.165, 1.54) is 6.07 Å². The third-order valence-corrected chi connectivity index (χ3v) is 5.01. The molecule has 0 saturated carbocycles.